The summed E-state index contributed by atoms with van der Waals surface area (Å²) in [7, 11) is 2.89. The molecule has 13 heteroatoms. The Hall–Kier alpha value is -4.97. The van der Waals surface area contributed by atoms with Crippen molar-refractivity contribution in [3.8, 4) is 22.9 Å². The zero-order chi connectivity index (χ0) is 27.0. The number of hydrogen-bond acceptors (Lipinski definition) is 7. The van der Waals surface area contributed by atoms with Crippen LogP contribution in [0.3, 0.4) is 0 Å². The van der Waals surface area contributed by atoms with Crippen LogP contribution in [0.15, 0.2) is 54.7 Å². The van der Waals surface area contributed by atoms with Gasteiger partial charge in [-0.3, -0.25) is 14.2 Å². The predicted octanol–water partition coefficient (Wildman–Crippen LogP) is 4.50. The first-order valence-corrected chi connectivity index (χ1v) is 11.4. The van der Waals surface area contributed by atoms with Gasteiger partial charge in [0.1, 0.15) is 17.3 Å². The number of ether oxygens (including phenoxy) is 2. The molecular weight excluding hydrogens is 517 g/mol. The molecule has 5 rings (SSSR count). The number of fused-ring (bicyclic) bond motifs is 3. The molecule has 0 bridgehead atoms. The van der Waals surface area contributed by atoms with E-state index < -0.39 is 17.8 Å². The number of anilines is 2. The molecule has 0 spiro atoms. The maximum atomic E-state index is 15.1. The molecule has 11 nitrogen and oxygen atoms in total. The van der Waals surface area contributed by atoms with Gasteiger partial charge >= 0.3 is 6.03 Å². The van der Waals surface area contributed by atoms with Crippen molar-refractivity contribution in [2.24, 2.45) is 5.73 Å². The van der Waals surface area contributed by atoms with Crippen LogP contribution in [-0.2, 0) is 0 Å². The van der Waals surface area contributed by atoms with Crippen molar-refractivity contribution in [3.63, 3.8) is 0 Å². The minimum absolute atomic E-state index is 0.0630. The molecule has 0 aliphatic carbocycles. The molecule has 0 atom stereocenters. The van der Waals surface area contributed by atoms with Crippen LogP contribution < -0.4 is 25.8 Å². The number of carbonyl (C=O) groups is 2. The van der Waals surface area contributed by atoms with Crippen molar-refractivity contribution >= 4 is 51.6 Å². The fourth-order valence-electron chi connectivity index (χ4n) is 3.92. The number of urea groups is 1. The molecule has 0 saturated carbocycles. The summed E-state index contributed by atoms with van der Waals surface area (Å²) < 4.78 is 27.0. The molecule has 2 heterocycles. The van der Waals surface area contributed by atoms with Crippen molar-refractivity contribution < 1.29 is 23.5 Å². The van der Waals surface area contributed by atoms with E-state index in [0.717, 1.165) is 0 Å². The Balaban J connectivity index is 1.46. The average Bonchev–Trinajstić information content (AvgIpc) is 3.33. The van der Waals surface area contributed by atoms with Gasteiger partial charge in [0.05, 0.1) is 47.7 Å². The van der Waals surface area contributed by atoms with E-state index in [0.29, 0.717) is 38.7 Å². The molecule has 38 heavy (non-hydrogen) atoms. The molecule has 3 amide bonds. The van der Waals surface area contributed by atoms with E-state index in [2.05, 4.69) is 25.8 Å². The maximum absolute atomic E-state index is 15.1. The number of carbonyl (C=O) groups excluding carboxylic acids is 2. The third kappa shape index (κ3) is 4.48. The van der Waals surface area contributed by atoms with E-state index in [9.17, 15) is 9.59 Å². The third-order valence-electron chi connectivity index (χ3n) is 5.70. The Morgan fingerprint density at radius 2 is 1.79 bits per heavy atom. The summed E-state index contributed by atoms with van der Waals surface area (Å²) >= 11 is 6.08. The topological polar surface area (TPSA) is 146 Å². The van der Waals surface area contributed by atoms with Gasteiger partial charge < -0.3 is 25.8 Å². The number of rotatable bonds is 6. The second-order valence-corrected chi connectivity index (χ2v) is 8.41. The molecule has 4 N–H and O–H groups in total. The number of nitrogens with one attached hydrogen (secondary N) is 2. The van der Waals surface area contributed by atoms with Gasteiger partial charge in [0, 0.05) is 17.3 Å². The Bertz CT molecular complexity index is 1740. The summed E-state index contributed by atoms with van der Waals surface area (Å²) in [4.78, 5) is 28.7. The third-order valence-corrected chi connectivity index (χ3v) is 5.99. The zero-order valence-corrected chi connectivity index (χ0v) is 20.7. The highest BCUT2D eigenvalue weighted by atomic mass is 35.5. The van der Waals surface area contributed by atoms with Gasteiger partial charge in [0.25, 0.3) is 5.91 Å². The lowest BCUT2D eigenvalue weighted by Crippen LogP contribution is -2.20. The van der Waals surface area contributed by atoms with Gasteiger partial charge in [-0.05, 0) is 42.5 Å². The van der Waals surface area contributed by atoms with Crippen LogP contribution in [0, 0.1) is 5.82 Å². The molecule has 0 saturated heterocycles. The molecule has 0 aliphatic heterocycles. The van der Waals surface area contributed by atoms with E-state index in [1.54, 1.807) is 28.7 Å². The molecule has 0 fully saturated rings. The summed E-state index contributed by atoms with van der Waals surface area (Å²) in [5.41, 5.74) is 7.68. The molecule has 5 aromatic rings. The number of hydrogen-bond donors (Lipinski definition) is 3. The first-order valence-electron chi connectivity index (χ1n) is 11.0. The quantitative estimate of drug-likeness (QED) is 0.290. The number of nitrogens with two attached hydrogens (primary N) is 1. The van der Waals surface area contributed by atoms with Gasteiger partial charge in [-0.1, -0.05) is 11.6 Å². The maximum Gasteiger partial charge on any atom is 0.323 e. The SMILES string of the molecule is COc1ccc(NC(=O)Nc2ccc(-c3nnc4cnc5cc(OC)c(C(N)=O)cc5n34)cc2F)cc1Cl. The molecule has 192 valence electrons. The van der Waals surface area contributed by atoms with Crippen molar-refractivity contribution in [1.29, 1.82) is 0 Å². The molecule has 0 aliphatic rings. The fraction of sp³-hybridized carbons (Fsp3) is 0.0800. The lowest BCUT2D eigenvalue weighted by Gasteiger charge is -2.11. The van der Waals surface area contributed by atoms with Crippen molar-refractivity contribution in [2.75, 3.05) is 24.9 Å². The monoisotopic (exact) mass is 535 g/mol. The summed E-state index contributed by atoms with van der Waals surface area (Å²) in [5, 5.41) is 13.6. The fourth-order valence-corrected chi connectivity index (χ4v) is 4.18. The van der Waals surface area contributed by atoms with Gasteiger partial charge in [-0.2, -0.15) is 0 Å². The number of nitrogens with zero attached hydrogens (tertiary/aromatic N) is 4. The number of halogens is 2. The number of amides is 3. The molecule has 2 aromatic heterocycles. The number of benzene rings is 3. The molecule has 0 unspecified atom stereocenters. The minimum Gasteiger partial charge on any atom is -0.496 e. The molecular formula is C25H19ClFN7O4. The Labute approximate surface area is 219 Å². The summed E-state index contributed by atoms with van der Waals surface area (Å²) in [5.74, 6) is -0.389. The lowest BCUT2D eigenvalue weighted by molar-refractivity contribution is 0.0997. The first-order chi connectivity index (χ1) is 18.3. The van der Waals surface area contributed by atoms with Crippen LogP contribution in [0.2, 0.25) is 5.02 Å². The Morgan fingerprint density at radius 3 is 2.47 bits per heavy atom. The van der Waals surface area contributed by atoms with E-state index in [1.807, 2.05) is 0 Å². The van der Waals surface area contributed by atoms with Gasteiger partial charge in [-0.25, -0.2) is 9.18 Å². The number of aromatic nitrogens is 4. The Morgan fingerprint density at radius 1 is 1.00 bits per heavy atom. The summed E-state index contributed by atoms with van der Waals surface area (Å²) in [6, 6.07) is 11.3. The second-order valence-electron chi connectivity index (χ2n) is 8.00. The van der Waals surface area contributed by atoms with E-state index in [4.69, 9.17) is 26.8 Å². The van der Waals surface area contributed by atoms with E-state index in [1.165, 1.54) is 44.7 Å². The number of primary amides is 1. The normalized spacial score (nSPS) is 10.9. The van der Waals surface area contributed by atoms with Crippen LogP contribution in [-0.4, -0.2) is 45.7 Å². The lowest BCUT2D eigenvalue weighted by atomic mass is 10.1. The van der Waals surface area contributed by atoms with Crippen LogP contribution in [0.4, 0.5) is 20.6 Å². The minimum atomic E-state index is -0.708. The summed E-state index contributed by atoms with van der Waals surface area (Å²) in [6.45, 7) is 0. The van der Waals surface area contributed by atoms with E-state index >= 15 is 4.39 Å². The zero-order valence-electron chi connectivity index (χ0n) is 20.0. The first kappa shape index (κ1) is 24.7. The molecule has 3 aromatic carbocycles. The smallest absolute Gasteiger partial charge is 0.323 e. The van der Waals surface area contributed by atoms with Crippen LogP contribution in [0.5, 0.6) is 11.5 Å². The van der Waals surface area contributed by atoms with Crippen molar-refractivity contribution in [3.05, 3.63) is 71.1 Å². The predicted molar refractivity (Wildman–Crippen MR) is 139 cm³/mol. The Kier molecular flexibility index (Phi) is 6.39. The van der Waals surface area contributed by atoms with Gasteiger partial charge in [0.15, 0.2) is 11.5 Å². The highest BCUT2D eigenvalue weighted by Gasteiger charge is 2.18. The standard InChI is InChI=1S/C25H19ClFN7O4/c1-37-20-6-4-13(8-15(20)26)30-25(36)31-17-5-3-12(7-16(17)27)24-33-32-22-11-29-18-10-21(38-2)14(23(28)35)9-19(18)34(22)24/h3-11H,1-2H3,(H2,28,35)(H2,30,31,36). The van der Waals surface area contributed by atoms with Crippen molar-refractivity contribution in [2.45, 2.75) is 0 Å². The van der Waals surface area contributed by atoms with Crippen LogP contribution >= 0.6 is 11.6 Å². The van der Waals surface area contributed by atoms with E-state index in [-0.39, 0.29) is 22.8 Å². The van der Waals surface area contributed by atoms with Crippen LogP contribution in [0.25, 0.3) is 28.1 Å². The van der Waals surface area contributed by atoms with Gasteiger partial charge in [0.2, 0.25) is 0 Å². The van der Waals surface area contributed by atoms with Crippen molar-refractivity contribution in [1.82, 2.24) is 19.6 Å². The summed E-state index contributed by atoms with van der Waals surface area (Å²) in [6.07, 6.45) is 1.49. The average molecular weight is 536 g/mol. The second kappa shape index (κ2) is 9.82. The largest absolute Gasteiger partial charge is 0.496 e. The number of methoxy groups -OCH3 is 2. The highest BCUT2D eigenvalue weighted by Crippen LogP contribution is 2.30. The van der Waals surface area contributed by atoms with Crippen LogP contribution in [0.1, 0.15) is 10.4 Å². The highest BCUT2D eigenvalue weighted by molar-refractivity contribution is 6.32. The van der Waals surface area contributed by atoms with Gasteiger partial charge in [-0.15, -0.1) is 10.2 Å². The molecule has 0 radical (unpaired) electrons.